The molecule has 4 aromatic rings. The Kier molecular flexibility index (Phi) is 8.37. The van der Waals surface area contributed by atoms with Crippen LogP contribution in [0, 0.1) is 0 Å². The van der Waals surface area contributed by atoms with Crippen LogP contribution < -0.4 is 20.8 Å². The van der Waals surface area contributed by atoms with Crippen molar-refractivity contribution < 1.29 is 32.2 Å². The zero-order valence-corrected chi connectivity index (χ0v) is 21.6. The van der Waals surface area contributed by atoms with E-state index in [1.807, 2.05) is 6.92 Å². The Hall–Kier alpha value is -4.15. The highest BCUT2D eigenvalue weighted by molar-refractivity contribution is 5.85. The normalized spacial score (nSPS) is 11.7. The van der Waals surface area contributed by atoms with Gasteiger partial charge in [0.2, 0.25) is 5.88 Å². The SMILES string of the molecule is CCCc1c(OCCCCCn2c(O)cn(-c3ccccc3OC)c2=O)ccc2c(C(F)(F)F)cc(=O)oc12. The van der Waals surface area contributed by atoms with Crippen molar-refractivity contribution in [1.29, 1.82) is 0 Å². The van der Waals surface area contributed by atoms with Gasteiger partial charge in [0.15, 0.2) is 0 Å². The topological polar surface area (TPSA) is 95.8 Å². The van der Waals surface area contributed by atoms with Crippen LogP contribution in [0.4, 0.5) is 13.2 Å². The summed E-state index contributed by atoms with van der Waals surface area (Å²) in [6, 6.07) is 10.2. The number of aromatic nitrogens is 2. The molecular weight excluding hydrogens is 517 g/mol. The monoisotopic (exact) mass is 546 g/mol. The number of nitrogens with zero attached hydrogens (tertiary/aromatic N) is 2. The van der Waals surface area contributed by atoms with E-state index < -0.39 is 23.1 Å². The number of alkyl halides is 3. The minimum Gasteiger partial charge on any atom is -0.495 e. The summed E-state index contributed by atoms with van der Waals surface area (Å²) in [5.41, 5.74) is -1.66. The summed E-state index contributed by atoms with van der Waals surface area (Å²) < 4.78 is 59.4. The summed E-state index contributed by atoms with van der Waals surface area (Å²) in [6.45, 7) is 2.43. The van der Waals surface area contributed by atoms with Gasteiger partial charge in [0.25, 0.3) is 0 Å². The maximum atomic E-state index is 13.5. The minimum absolute atomic E-state index is 0.108. The summed E-state index contributed by atoms with van der Waals surface area (Å²) in [7, 11) is 1.50. The van der Waals surface area contributed by atoms with Crippen molar-refractivity contribution >= 4 is 11.0 Å². The van der Waals surface area contributed by atoms with Gasteiger partial charge in [-0.1, -0.05) is 25.5 Å². The number of hydrogen-bond donors (Lipinski definition) is 1. The van der Waals surface area contributed by atoms with E-state index >= 15 is 0 Å². The zero-order chi connectivity index (χ0) is 28.2. The second kappa shape index (κ2) is 11.7. The molecule has 0 aliphatic carbocycles. The lowest BCUT2D eigenvalue weighted by Gasteiger charge is -2.15. The van der Waals surface area contributed by atoms with Crippen LogP contribution >= 0.6 is 0 Å². The molecular formula is C28H29F3N2O6. The van der Waals surface area contributed by atoms with Gasteiger partial charge in [-0.05, 0) is 49.9 Å². The Balaban J connectivity index is 1.41. The Morgan fingerprint density at radius 2 is 1.79 bits per heavy atom. The molecule has 8 nitrogen and oxygen atoms in total. The molecule has 39 heavy (non-hydrogen) atoms. The Bertz CT molecular complexity index is 1570. The highest BCUT2D eigenvalue weighted by atomic mass is 19.4. The molecule has 11 heteroatoms. The first-order valence-corrected chi connectivity index (χ1v) is 12.6. The van der Waals surface area contributed by atoms with Crippen LogP contribution in [0.15, 0.2) is 62.7 Å². The first-order valence-electron chi connectivity index (χ1n) is 12.6. The van der Waals surface area contributed by atoms with Crippen LogP contribution in [0.5, 0.6) is 17.4 Å². The maximum Gasteiger partial charge on any atom is 0.417 e. The van der Waals surface area contributed by atoms with E-state index in [2.05, 4.69) is 0 Å². The van der Waals surface area contributed by atoms with E-state index in [0.29, 0.717) is 60.9 Å². The number of imidazole rings is 1. The number of benzene rings is 2. The van der Waals surface area contributed by atoms with Crippen LogP contribution in [-0.4, -0.2) is 28.0 Å². The second-order valence-corrected chi connectivity index (χ2v) is 9.02. The standard InChI is InChI=1S/C28H29F3N2O6/c1-3-9-19-22(13-12-18-20(28(29,30)31)16-25(35)39-26(18)19)38-15-8-4-7-14-32-24(34)17-33(27(32)36)21-10-5-6-11-23(21)37-2/h5-6,10-13,16-17,34H,3-4,7-9,14-15H2,1-2H3. The van der Waals surface area contributed by atoms with Crippen molar-refractivity contribution in [2.75, 3.05) is 13.7 Å². The molecule has 0 bridgehead atoms. The average Bonchev–Trinajstić information content (AvgIpc) is 3.18. The fourth-order valence-corrected chi connectivity index (χ4v) is 4.53. The molecule has 0 unspecified atom stereocenters. The summed E-state index contributed by atoms with van der Waals surface area (Å²) in [6.07, 6.45) is -0.513. The molecule has 208 valence electrons. The van der Waals surface area contributed by atoms with E-state index in [-0.39, 0.29) is 30.0 Å². The van der Waals surface area contributed by atoms with Gasteiger partial charge in [-0.3, -0.25) is 9.13 Å². The fourth-order valence-electron chi connectivity index (χ4n) is 4.53. The van der Waals surface area contributed by atoms with E-state index in [1.54, 1.807) is 24.3 Å². The van der Waals surface area contributed by atoms with Crippen molar-refractivity contribution in [3.8, 4) is 23.1 Å². The number of ether oxygens (including phenoxy) is 2. The lowest BCUT2D eigenvalue weighted by atomic mass is 10.0. The lowest BCUT2D eigenvalue weighted by Crippen LogP contribution is -2.23. The van der Waals surface area contributed by atoms with Crippen molar-refractivity contribution in [2.24, 2.45) is 0 Å². The van der Waals surface area contributed by atoms with Gasteiger partial charge in [0.05, 0.1) is 31.2 Å². The van der Waals surface area contributed by atoms with Gasteiger partial charge in [-0.15, -0.1) is 0 Å². The van der Waals surface area contributed by atoms with Gasteiger partial charge in [0, 0.05) is 23.6 Å². The van der Waals surface area contributed by atoms with Crippen LogP contribution in [0.1, 0.15) is 43.7 Å². The molecule has 2 aromatic carbocycles. The first kappa shape index (κ1) is 27.9. The third-order valence-electron chi connectivity index (χ3n) is 6.36. The molecule has 0 spiro atoms. The second-order valence-electron chi connectivity index (χ2n) is 9.02. The molecule has 0 fully saturated rings. The van der Waals surface area contributed by atoms with Gasteiger partial charge in [-0.25, -0.2) is 9.59 Å². The van der Waals surface area contributed by atoms with Gasteiger partial charge in [-0.2, -0.15) is 13.2 Å². The van der Waals surface area contributed by atoms with Crippen LogP contribution in [0.3, 0.4) is 0 Å². The van der Waals surface area contributed by atoms with Crippen LogP contribution in [0.2, 0.25) is 0 Å². The number of unbranched alkanes of at least 4 members (excludes halogenated alkanes) is 2. The van der Waals surface area contributed by atoms with Crippen molar-refractivity contribution in [2.45, 2.75) is 51.7 Å². The molecule has 0 atom stereocenters. The highest BCUT2D eigenvalue weighted by Gasteiger charge is 2.34. The summed E-state index contributed by atoms with van der Waals surface area (Å²) in [5.74, 6) is 0.704. The number of halogens is 3. The minimum atomic E-state index is -4.69. The number of methoxy groups -OCH3 is 1. The number of aromatic hydroxyl groups is 1. The van der Waals surface area contributed by atoms with Crippen LogP contribution in [-0.2, 0) is 19.1 Å². The lowest BCUT2D eigenvalue weighted by molar-refractivity contribution is -0.136. The third-order valence-corrected chi connectivity index (χ3v) is 6.36. The van der Waals surface area contributed by atoms with Gasteiger partial charge < -0.3 is 19.0 Å². The average molecular weight is 547 g/mol. The molecule has 0 aliphatic rings. The quantitative estimate of drug-likeness (QED) is 0.192. The Labute approximate surface area is 221 Å². The van der Waals surface area contributed by atoms with Crippen molar-refractivity contribution in [1.82, 2.24) is 9.13 Å². The molecule has 0 radical (unpaired) electrons. The Morgan fingerprint density at radius 1 is 1.03 bits per heavy atom. The van der Waals surface area contributed by atoms with E-state index in [0.717, 1.165) is 0 Å². The van der Waals surface area contributed by atoms with E-state index in [4.69, 9.17) is 13.9 Å². The first-order chi connectivity index (χ1) is 18.7. The maximum absolute atomic E-state index is 13.5. The number of fused-ring (bicyclic) bond motifs is 1. The number of aryl methyl sites for hydroxylation is 1. The van der Waals surface area contributed by atoms with E-state index in [1.165, 1.54) is 34.6 Å². The molecule has 0 aliphatic heterocycles. The van der Waals surface area contributed by atoms with Crippen molar-refractivity contribution in [3.63, 3.8) is 0 Å². The molecule has 1 N–H and O–H groups in total. The summed E-state index contributed by atoms with van der Waals surface area (Å²) in [5, 5.41) is 10.1. The molecule has 0 saturated heterocycles. The predicted molar refractivity (Wildman–Crippen MR) is 139 cm³/mol. The largest absolute Gasteiger partial charge is 0.495 e. The van der Waals surface area contributed by atoms with Gasteiger partial charge >= 0.3 is 17.5 Å². The highest BCUT2D eigenvalue weighted by Crippen LogP contribution is 2.37. The number of para-hydroxylation sites is 2. The van der Waals surface area contributed by atoms with E-state index in [9.17, 15) is 27.9 Å². The predicted octanol–water partition coefficient (Wildman–Crippen LogP) is 5.68. The fraction of sp³-hybridized carbons (Fsp3) is 0.357. The zero-order valence-electron chi connectivity index (χ0n) is 21.6. The molecule has 0 saturated carbocycles. The number of rotatable bonds is 11. The molecule has 2 heterocycles. The summed E-state index contributed by atoms with van der Waals surface area (Å²) >= 11 is 0. The summed E-state index contributed by atoms with van der Waals surface area (Å²) in [4.78, 5) is 24.7. The number of hydrogen-bond acceptors (Lipinski definition) is 6. The van der Waals surface area contributed by atoms with Gasteiger partial charge in [0.1, 0.15) is 17.1 Å². The third kappa shape index (κ3) is 5.97. The molecule has 0 amide bonds. The Morgan fingerprint density at radius 3 is 2.51 bits per heavy atom. The molecule has 4 rings (SSSR count). The van der Waals surface area contributed by atoms with Crippen LogP contribution in [0.25, 0.3) is 16.7 Å². The van der Waals surface area contributed by atoms with Crippen molar-refractivity contribution in [3.05, 3.63) is 80.7 Å². The smallest absolute Gasteiger partial charge is 0.417 e. The molecule has 2 aromatic heterocycles.